The maximum atomic E-state index is 12.8. The van der Waals surface area contributed by atoms with E-state index in [4.69, 9.17) is 4.74 Å². The molecule has 0 spiro atoms. The van der Waals surface area contributed by atoms with Gasteiger partial charge < -0.3 is 24.2 Å². The second-order valence-corrected chi connectivity index (χ2v) is 7.75. The number of likely N-dealkylation sites (tertiary alicyclic amines) is 1. The Kier molecular flexibility index (Phi) is 5.43. The van der Waals surface area contributed by atoms with E-state index in [1.165, 1.54) is 12.8 Å². The van der Waals surface area contributed by atoms with Crippen LogP contribution in [-0.2, 0) is 16.1 Å². The molecule has 1 amide bonds. The van der Waals surface area contributed by atoms with Crippen molar-refractivity contribution in [2.75, 3.05) is 45.9 Å². The highest BCUT2D eigenvalue weighted by atomic mass is 16.5. The second-order valence-electron chi connectivity index (χ2n) is 7.75. The Morgan fingerprint density at radius 2 is 2.04 bits per heavy atom. The number of benzene rings is 1. The van der Waals surface area contributed by atoms with Crippen LogP contribution in [0.2, 0.25) is 0 Å². The quantitative estimate of drug-likeness (QED) is 0.851. The Bertz CT molecular complexity index is 786. The number of para-hydroxylation sites is 2. The van der Waals surface area contributed by atoms with Crippen molar-refractivity contribution in [2.45, 2.75) is 31.4 Å². The number of β-amino-alcohol motifs (C(OH)–C–C–N with tert-alkyl or cyclic N) is 1. The highest BCUT2D eigenvalue weighted by Crippen LogP contribution is 2.19. The largest absolute Gasteiger partial charge is 0.384 e. The number of fused-ring (bicyclic) bond motifs is 1. The summed E-state index contributed by atoms with van der Waals surface area (Å²) in [5.74, 6) is 0.0538. The summed E-state index contributed by atoms with van der Waals surface area (Å²) in [5.41, 5.74) is 0.987. The molecule has 7 heteroatoms. The van der Waals surface area contributed by atoms with Crippen LogP contribution in [-0.4, -0.2) is 81.9 Å². The molecule has 1 aromatic heterocycles. The zero-order valence-corrected chi connectivity index (χ0v) is 15.7. The van der Waals surface area contributed by atoms with Crippen LogP contribution in [0.25, 0.3) is 11.0 Å². The summed E-state index contributed by atoms with van der Waals surface area (Å²) in [5, 5.41) is 11.0. The molecule has 1 unspecified atom stereocenters. The van der Waals surface area contributed by atoms with Gasteiger partial charge in [-0.2, -0.15) is 0 Å². The monoisotopic (exact) mass is 372 g/mol. The molecule has 4 rings (SSSR count). The number of nitrogens with zero attached hydrogens (tertiary/aromatic N) is 4. The lowest BCUT2D eigenvalue weighted by atomic mass is 10.0. The van der Waals surface area contributed by atoms with Crippen LogP contribution < -0.4 is 0 Å². The van der Waals surface area contributed by atoms with E-state index in [0.29, 0.717) is 45.8 Å². The molecule has 2 aromatic rings. The number of imidazole rings is 1. The van der Waals surface area contributed by atoms with Crippen molar-refractivity contribution >= 4 is 16.9 Å². The third kappa shape index (κ3) is 4.31. The Hall–Kier alpha value is -1.96. The average molecular weight is 372 g/mol. The average Bonchev–Trinajstić information content (AvgIpc) is 3.27. The van der Waals surface area contributed by atoms with Crippen molar-refractivity contribution in [2.24, 2.45) is 0 Å². The lowest BCUT2D eigenvalue weighted by molar-refractivity contribution is -0.134. The van der Waals surface area contributed by atoms with E-state index in [2.05, 4.69) is 9.88 Å². The van der Waals surface area contributed by atoms with Gasteiger partial charge in [-0.3, -0.25) is 4.79 Å². The van der Waals surface area contributed by atoms with Crippen LogP contribution in [0.5, 0.6) is 0 Å². The van der Waals surface area contributed by atoms with Gasteiger partial charge in [0.05, 0.1) is 37.1 Å². The normalized spacial score (nSPS) is 24.4. The van der Waals surface area contributed by atoms with Gasteiger partial charge in [0.1, 0.15) is 5.60 Å². The van der Waals surface area contributed by atoms with E-state index in [-0.39, 0.29) is 5.91 Å². The lowest BCUT2D eigenvalue weighted by Crippen LogP contribution is -2.53. The number of carbonyl (C=O) groups excluding carboxylic acids is 1. The molecule has 0 radical (unpaired) electrons. The number of hydrogen-bond acceptors (Lipinski definition) is 5. The van der Waals surface area contributed by atoms with E-state index in [0.717, 1.165) is 24.1 Å². The third-order valence-corrected chi connectivity index (χ3v) is 5.52. The first-order chi connectivity index (χ1) is 13.1. The molecular formula is C20H28N4O3. The van der Waals surface area contributed by atoms with Crippen molar-refractivity contribution in [1.82, 2.24) is 19.4 Å². The van der Waals surface area contributed by atoms with Crippen molar-refractivity contribution in [3.63, 3.8) is 0 Å². The van der Waals surface area contributed by atoms with Gasteiger partial charge in [-0.05, 0) is 38.1 Å². The molecule has 1 N–H and O–H groups in total. The van der Waals surface area contributed by atoms with E-state index < -0.39 is 5.60 Å². The first-order valence-corrected chi connectivity index (χ1v) is 9.83. The maximum Gasteiger partial charge on any atom is 0.224 e. The molecule has 0 aliphatic carbocycles. The molecule has 146 valence electrons. The predicted octanol–water partition coefficient (Wildman–Crippen LogP) is 1.11. The number of ether oxygens (including phenoxy) is 1. The van der Waals surface area contributed by atoms with Crippen LogP contribution in [0.1, 0.15) is 19.3 Å². The second kappa shape index (κ2) is 7.96. The van der Waals surface area contributed by atoms with Crippen molar-refractivity contribution in [1.29, 1.82) is 0 Å². The standard InChI is InChI=1S/C20H28N4O3/c25-19(7-10-24-16-21-17-5-1-2-6-18(17)24)23-11-12-27-15-20(26,14-23)13-22-8-3-4-9-22/h1-2,5-6,16,26H,3-4,7-15H2. The zero-order chi connectivity index (χ0) is 18.7. The number of aliphatic hydroxyl groups is 1. The molecular weight excluding hydrogens is 344 g/mol. The van der Waals surface area contributed by atoms with E-state index >= 15 is 0 Å². The minimum Gasteiger partial charge on any atom is -0.384 e. The van der Waals surface area contributed by atoms with Gasteiger partial charge >= 0.3 is 0 Å². The zero-order valence-electron chi connectivity index (χ0n) is 15.7. The fourth-order valence-electron chi connectivity index (χ4n) is 4.15. The van der Waals surface area contributed by atoms with Gasteiger partial charge in [0.25, 0.3) is 0 Å². The van der Waals surface area contributed by atoms with Gasteiger partial charge in [-0.15, -0.1) is 0 Å². The highest BCUT2D eigenvalue weighted by molar-refractivity contribution is 5.77. The molecule has 3 heterocycles. The number of amides is 1. The first-order valence-electron chi connectivity index (χ1n) is 9.83. The summed E-state index contributed by atoms with van der Waals surface area (Å²) in [6, 6.07) is 7.93. The highest BCUT2D eigenvalue weighted by Gasteiger charge is 2.36. The third-order valence-electron chi connectivity index (χ3n) is 5.52. The molecule has 0 bridgehead atoms. The van der Waals surface area contributed by atoms with Crippen LogP contribution >= 0.6 is 0 Å². The number of aromatic nitrogens is 2. The minimum atomic E-state index is -0.988. The Morgan fingerprint density at radius 1 is 1.22 bits per heavy atom. The molecule has 2 saturated heterocycles. The maximum absolute atomic E-state index is 12.8. The predicted molar refractivity (Wildman–Crippen MR) is 102 cm³/mol. The number of rotatable bonds is 5. The molecule has 1 atom stereocenters. The number of hydrogen-bond donors (Lipinski definition) is 1. The van der Waals surface area contributed by atoms with E-state index in [1.54, 1.807) is 11.2 Å². The van der Waals surface area contributed by atoms with Crippen LogP contribution in [0.15, 0.2) is 30.6 Å². The minimum absolute atomic E-state index is 0.0538. The van der Waals surface area contributed by atoms with Crippen molar-refractivity contribution < 1.29 is 14.6 Å². The molecule has 2 aliphatic heterocycles. The Morgan fingerprint density at radius 3 is 2.89 bits per heavy atom. The number of aryl methyl sites for hydroxylation is 1. The summed E-state index contributed by atoms with van der Waals surface area (Å²) in [7, 11) is 0. The van der Waals surface area contributed by atoms with Crippen LogP contribution in [0, 0.1) is 0 Å². The van der Waals surface area contributed by atoms with Gasteiger partial charge in [0, 0.05) is 26.1 Å². The molecule has 0 saturated carbocycles. The fourth-order valence-corrected chi connectivity index (χ4v) is 4.15. The van der Waals surface area contributed by atoms with Gasteiger partial charge in [0.15, 0.2) is 0 Å². The van der Waals surface area contributed by atoms with Crippen molar-refractivity contribution in [3.05, 3.63) is 30.6 Å². The van der Waals surface area contributed by atoms with E-state index in [9.17, 15) is 9.90 Å². The first kappa shape index (κ1) is 18.4. The van der Waals surface area contributed by atoms with E-state index in [1.807, 2.05) is 28.8 Å². The molecule has 2 aliphatic rings. The van der Waals surface area contributed by atoms with Gasteiger partial charge in [0.2, 0.25) is 5.91 Å². The molecule has 2 fully saturated rings. The summed E-state index contributed by atoms with van der Waals surface area (Å²) in [6.07, 6.45) is 4.53. The smallest absolute Gasteiger partial charge is 0.224 e. The number of carbonyl (C=O) groups is 1. The fraction of sp³-hybridized carbons (Fsp3) is 0.600. The summed E-state index contributed by atoms with van der Waals surface area (Å²) in [6.45, 7) is 4.83. The van der Waals surface area contributed by atoms with Crippen molar-refractivity contribution in [3.8, 4) is 0 Å². The summed E-state index contributed by atoms with van der Waals surface area (Å²) in [4.78, 5) is 21.2. The summed E-state index contributed by atoms with van der Waals surface area (Å²) < 4.78 is 7.63. The lowest BCUT2D eigenvalue weighted by Gasteiger charge is -2.34. The van der Waals surface area contributed by atoms with Gasteiger partial charge in [-0.1, -0.05) is 12.1 Å². The van der Waals surface area contributed by atoms with Gasteiger partial charge in [-0.25, -0.2) is 4.98 Å². The molecule has 7 nitrogen and oxygen atoms in total. The van der Waals surface area contributed by atoms with Crippen LogP contribution in [0.3, 0.4) is 0 Å². The van der Waals surface area contributed by atoms with Crippen LogP contribution in [0.4, 0.5) is 0 Å². The molecule has 27 heavy (non-hydrogen) atoms. The molecule has 1 aromatic carbocycles. The topological polar surface area (TPSA) is 70.8 Å². The summed E-state index contributed by atoms with van der Waals surface area (Å²) >= 11 is 0. The Balaban J connectivity index is 1.38. The Labute approximate surface area is 159 Å². The SMILES string of the molecule is O=C(CCn1cnc2ccccc21)N1CCOCC(O)(CN2CCCC2)C1.